The number of hydrogen-bond acceptors (Lipinski definition) is 6. The second-order valence-electron chi connectivity index (χ2n) is 7.17. The fourth-order valence-electron chi connectivity index (χ4n) is 3.14. The number of pyridine rings is 2. The first-order valence-corrected chi connectivity index (χ1v) is 10.4. The van der Waals surface area contributed by atoms with Crippen molar-refractivity contribution in [3.05, 3.63) is 89.2 Å². The minimum atomic E-state index is -0.616. The van der Waals surface area contributed by atoms with E-state index in [2.05, 4.69) is 25.3 Å². The predicted octanol–water partition coefficient (Wildman–Crippen LogP) is 4.89. The van der Waals surface area contributed by atoms with Crippen LogP contribution in [0.25, 0.3) is 22.6 Å². The molecule has 1 N–H and O–H groups in total. The lowest BCUT2D eigenvalue weighted by Gasteiger charge is -2.15. The molecule has 0 unspecified atom stereocenters. The van der Waals surface area contributed by atoms with Crippen LogP contribution in [0.15, 0.2) is 67.0 Å². The second-order valence-corrected chi connectivity index (χ2v) is 7.60. The Morgan fingerprint density at radius 2 is 1.79 bits per heavy atom. The first kappa shape index (κ1) is 22.3. The normalized spacial score (nSPS) is 11.6. The highest BCUT2D eigenvalue weighted by atomic mass is 35.5. The van der Waals surface area contributed by atoms with Gasteiger partial charge in [-0.3, -0.25) is 4.79 Å². The summed E-state index contributed by atoms with van der Waals surface area (Å²) in [5.74, 6) is -0.274. The van der Waals surface area contributed by atoms with Crippen LogP contribution in [0.2, 0.25) is 5.02 Å². The molecule has 4 aromatic rings. The zero-order valence-electron chi connectivity index (χ0n) is 17.8. The summed E-state index contributed by atoms with van der Waals surface area (Å²) >= 11 is 6.02. The molecule has 0 radical (unpaired) electrons. The molecular formula is C24H19ClFN5O2. The van der Waals surface area contributed by atoms with Crippen LogP contribution in [0, 0.1) is 5.95 Å². The number of methoxy groups -OCH3 is 1. The summed E-state index contributed by atoms with van der Waals surface area (Å²) in [6.45, 7) is 1.75. The van der Waals surface area contributed by atoms with Gasteiger partial charge in [0.1, 0.15) is 5.69 Å². The number of amides is 1. The third kappa shape index (κ3) is 5.30. The summed E-state index contributed by atoms with van der Waals surface area (Å²) in [6.07, 6.45) is 2.93. The molecule has 0 aliphatic carbocycles. The quantitative estimate of drug-likeness (QED) is 0.409. The van der Waals surface area contributed by atoms with Crippen LogP contribution < -0.4 is 10.1 Å². The van der Waals surface area contributed by atoms with Crippen LogP contribution >= 0.6 is 11.6 Å². The molecule has 0 fully saturated rings. The number of carbonyl (C=O) groups is 1. The molecule has 0 aliphatic rings. The van der Waals surface area contributed by atoms with E-state index in [1.165, 1.54) is 19.4 Å². The molecule has 166 valence electrons. The van der Waals surface area contributed by atoms with E-state index < -0.39 is 17.9 Å². The lowest BCUT2D eigenvalue weighted by Crippen LogP contribution is -2.28. The summed E-state index contributed by atoms with van der Waals surface area (Å²) < 4.78 is 18.6. The number of aromatic nitrogens is 4. The lowest BCUT2D eigenvalue weighted by molar-refractivity contribution is 0.0934. The number of nitrogens with zero attached hydrogens (tertiary/aromatic N) is 4. The summed E-state index contributed by atoms with van der Waals surface area (Å²) in [5.41, 5.74) is 2.66. The Kier molecular flexibility index (Phi) is 6.55. The third-order valence-electron chi connectivity index (χ3n) is 4.90. The monoisotopic (exact) mass is 463 g/mol. The van der Waals surface area contributed by atoms with Crippen molar-refractivity contribution in [1.82, 2.24) is 25.3 Å². The highest BCUT2D eigenvalue weighted by Crippen LogP contribution is 2.25. The van der Waals surface area contributed by atoms with Crippen LogP contribution in [0.4, 0.5) is 4.39 Å². The van der Waals surface area contributed by atoms with Crippen LogP contribution in [-0.2, 0) is 0 Å². The highest BCUT2D eigenvalue weighted by Gasteiger charge is 2.17. The Labute approximate surface area is 194 Å². The number of rotatable bonds is 6. The molecule has 1 aromatic carbocycles. The smallest absolute Gasteiger partial charge is 0.270 e. The number of ether oxygens (including phenoxy) is 1. The van der Waals surface area contributed by atoms with Gasteiger partial charge in [0, 0.05) is 34.6 Å². The van der Waals surface area contributed by atoms with E-state index in [4.69, 9.17) is 16.3 Å². The van der Waals surface area contributed by atoms with Gasteiger partial charge in [-0.2, -0.15) is 4.39 Å². The maximum atomic E-state index is 13.5. The predicted molar refractivity (Wildman–Crippen MR) is 122 cm³/mol. The number of nitrogens with one attached hydrogen (secondary N) is 1. The van der Waals surface area contributed by atoms with Gasteiger partial charge in [0.25, 0.3) is 5.91 Å². The minimum absolute atomic E-state index is 0.155. The van der Waals surface area contributed by atoms with Crippen molar-refractivity contribution < 1.29 is 13.9 Å². The fraction of sp³-hybridized carbons (Fsp3) is 0.125. The van der Waals surface area contributed by atoms with Gasteiger partial charge in [0.15, 0.2) is 5.82 Å². The zero-order chi connectivity index (χ0) is 23.4. The fourth-order valence-corrected chi connectivity index (χ4v) is 3.26. The second kappa shape index (κ2) is 9.70. The SMILES string of the molecule is COc1ccc(-c2nc(C(=O)N[C@@H](C)c3ccnc(F)c3)cc(-c3ccc(Cl)cc3)n2)cn1. The number of halogens is 2. The lowest BCUT2D eigenvalue weighted by atomic mass is 10.1. The van der Waals surface area contributed by atoms with E-state index in [1.54, 1.807) is 49.5 Å². The molecule has 1 amide bonds. The molecule has 3 aromatic heterocycles. The van der Waals surface area contributed by atoms with Crippen LogP contribution in [0.3, 0.4) is 0 Å². The molecule has 0 aliphatic heterocycles. The Balaban J connectivity index is 1.71. The van der Waals surface area contributed by atoms with Crippen molar-refractivity contribution in [3.8, 4) is 28.5 Å². The van der Waals surface area contributed by atoms with Crippen molar-refractivity contribution in [1.29, 1.82) is 0 Å². The summed E-state index contributed by atoms with van der Waals surface area (Å²) in [7, 11) is 1.53. The van der Waals surface area contributed by atoms with Crippen molar-refractivity contribution in [2.75, 3.05) is 7.11 Å². The molecule has 0 saturated carbocycles. The number of carbonyl (C=O) groups excluding carboxylic acids is 1. The Bertz CT molecular complexity index is 1280. The van der Waals surface area contributed by atoms with Crippen LogP contribution in [-0.4, -0.2) is 33.0 Å². The molecule has 1 atom stereocenters. The Morgan fingerprint density at radius 1 is 1.03 bits per heavy atom. The van der Waals surface area contributed by atoms with Crippen molar-refractivity contribution in [2.24, 2.45) is 0 Å². The number of hydrogen-bond donors (Lipinski definition) is 1. The molecule has 9 heteroatoms. The molecule has 0 bridgehead atoms. The third-order valence-corrected chi connectivity index (χ3v) is 5.15. The topological polar surface area (TPSA) is 89.9 Å². The molecule has 0 spiro atoms. The molecule has 4 rings (SSSR count). The van der Waals surface area contributed by atoms with Gasteiger partial charge in [-0.1, -0.05) is 23.7 Å². The number of benzene rings is 1. The van der Waals surface area contributed by atoms with E-state index in [1.807, 2.05) is 12.1 Å². The maximum absolute atomic E-state index is 13.5. The van der Waals surface area contributed by atoms with E-state index in [0.717, 1.165) is 5.56 Å². The van der Waals surface area contributed by atoms with Crippen molar-refractivity contribution in [2.45, 2.75) is 13.0 Å². The van der Waals surface area contributed by atoms with Gasteiger partial charge in [0.2, 0.25) is 11.8 Å². The first-order valence-electron chi connectivity index (χ1n) is 10.0. The van der Waals surface area contributed by atoms with Gasteiger partial charge >= 0.3 is 0 Å². The average Bonchev–Trinajstić information content (AvgIpc) is 2.84. The highest BCUT2D eigenvalue weighted by molar-refractivity contribution is 6.30. The molecular weight excluding hydrogens is 445 g/mol. The van der Waals surface area contributed by atoms with Gasteiger partial charge in [-0.15, -0.1) is 0 Å². The Morgan fingerprint density at radius 3 is 2.45 bits per heavy atom. The minimum Gasteiger partial charge on any atom is -0.481 e. The molecule has 0 saturated heterocycles. The van der Waals surface area contributed by atoms with Gasteiger partial charge in [-0.05, 0) is 48.9 Å². The zero-order valence-corrected chi connectivity index (χ0v) is 18.5. The standard InChI is InChI=1S/C24H19ClFN5O2/c1-14(16-9-10-27-21(26)11-16)29-24(32)20-12-19(15-3-6-18(25)7-4-15)30-23(31-20)17-5-8-22(33-2)28-13-17/h3-14H,1-2H3,(H,29,32)/t14-/m0/s1. The van der Waals surface area contributed by atoms with Gasteiger partial charge < -0.3 is 10.1 Å². The van der Waals surface area contributed by atoms with Crippen molar-refractivity contribution in [3.63, 3.8) is 0 Å². The summed E-state index contributed by atoms with van der Waals surface area (Å²) in [5, 5.41) is 3.43. The van der Waals surface area contributed by atoms with Gasteiger partial charge in [-0.25, -0.2) is 19.9 Å². The van der Waals surface area contributed by atoms with Crippen molar-refractivity contribution >= 4 is 17.5 Å². The van der Waals surface area contributed by atoms with E-state index in [-0.39, 0.29) is 5.69 Å². The van der Waals surface area contributed by atoms with Crippen LogP contribution in [0.5, 0.6) is 5.88 Å². The largest absolute Gasteiger partial charge is 0.481 e. The van der Waals surface area contributed by atoms with E-state index in [0.29, 0.717) is 33.5 Å². The van der Waals surface area contributed by atoms with E-state index >= 15 is 0 Å². The van der Waals surface area contributed by atoms with E-state index in [9.17, 15) is 9.18 Å². The first-order chi connectivity index (χ1) is 15.9. The molecule has 3 heterocycles. The Hall–Kier alpha value is -3.91. The van der Waals surface area contributed by atoms with Gasteiger partial charge in [0.05, 0.1) is 18.8 Å². The molecule has 7 nitrogen and oxygen atoms in total. The summed E-state index contributed by atoms with van der Waals surface area (Å²) in [4.78, 5) is 29.9. The maximum Gasteiger partial charge on any atom is 0.270 e. The molecule has 33 heavy (non-hydrogen) atoms. The average molecular weight is 464 g/mol. The summed E-state index contributed by atoms with van der Waals surface area (Å²) in [6, 6.07) is 14.6. The van der Waals surface area contributed by atoms with Crippen LogP contribution in [0.1, 0.15) is 29.0 Å².